The van der Waals surface area contributed by atoms with Crippen molar-refractivity contribution in [1.29, 1.82) is 0 Å². The highest BCUT2D eigenvalue weighted by Gasteiger charge is 2.26. The molecular formula is C20H24F2N4O2S. The van der Waals surface area contributed by atoms with Crippen LogP contribution < -0.4 is 10.6 Å². The third kappa shape index (κ3) is 5.30. The highest BCUT2D eigenvalue weighted by Crippen LogP contribution is 2.21. The monoisotopic (exact) mass is 422 g/mol. The summed E-state index contributed by atoms with van der Waals surface area (Å²) in [7, 11) is -1.86. The Labute approximate surface area is 169 Å². The molecule has 2 N–H and O–H groups in total. The van der Waals surface area contributed by atoms with Crippen LogP contribution in [0, 0.1) is 11.6 Å². The number of guanidine groups is 1. The number of benzene rings is 2. The molecule has 0 bridgehead atoms. The van der Waals surface area contributed by atoms with Crippen molar-refractivity contribution in [3.05, 3.63) is 65.2 Å². The average molecular weight is 423 g/mol. The summed E-state index contributed by atoms with van der Waals surface area (Å²) in [4.78, 5) is 4.34. The molecule has 1 aliphatic heterocycles. The van der Waals surface area contributed by atoms with Gasteiger partial charge in [-0.25, -0.2) is 17.2 Å². The first-order valence-electron chi connectivity index (χ1n) is 9.37. The lowest BCUT2D eigenvalue weighted by molar-refractivity contribution is 0.477. The fraction of sp³-hybridized carbons (Fsp3) is 0.350. The number of hydrogen-bond donors (Lipinski definition) is 2. The number of nitrogens with zero attached hydrogens (tertiary/aromatic N) is 2. The third-order valence-corrected chi connectivity index (χ3v) is 6.68. The van der Waals surface area contributed by atoms with Crippen molar-refractivity contribution >= 4 is 16.0 Å². The minimum absolute atomic E-state index is 0.0796. The Morgan fingerprint density at radius 1 is 1.03 bits per heavy atom. The van der Waals surface area contributed by atoms with Crippen LogP contribution in [0.3, 0.4) is 0 Å². The molecule has 0 aliphatic carbocycles. The number of hydrogen-bond acceptors (Lipinski definition) is 3. The number of halogens is 2. The van der Waals surface area contributed by atoms with Gasteiger partial charge in [0.25, 0.3) is 0 Å². The molecule has 0 atom stereocenters. The Kier molecular flexibility index (Phi) is 6.81. The Hall–Kier alpha value is -2.52. The molecule has 6 nitrogen and oxygen atoms in total. The maximum atomic E-state index is 13.7. The summed E-state index contributed by atoms with van der Waals surface area (Å²) < 4.78 is 53.6. The van der Waals surface area contributed by atoms with Crippen LogP contribution in [0.25, 0.3) is 0 Å². The predicted octanol–water partition coefficient (Wildman–Crippen LogP) is 2.61. The zero-order chi connectivity index (χ0) is 20.9. The van der Waals surface area contributed by atoms with Gasteiger partial charge in [0.05, 0.1) is 4.90 Å². The van der Waals surface area contributed by atoms with Crippen molar-refractivity contribution in [2.45, 2.75) is 30.8 Å². The Morgan fingerprint density at radius 3 is 2.34 bits per heavy atom. The van der Waals surface area contributed by atoms with E-state index in [1.54, 1.807) is 31.3 Å². The van der Waals surface area contributed by atoms with Crippen molar-refractivity contribution in [2.24, 2.45) is 4.99 Å². The number of aliphatic imine (C=N–C) groups is 1. The van der Waals surface area contributed by atoms with Crippen molar-refractivity contribution in [3.63, 3.8) is 0 Å². The zero-order valence-electron chi connectivity index (χ0n) is 16.2. The first-order chi connectivity index (χ1) is 13.9. The van der Waals surface area contributed by atoms with Gasteiger partial charge in [0.2, 0.25) is 10.0 Å². The molecule has 0 saturated carbocycles. The summed E-state index contributed by atoms with van der Waals surface area (Å²) >= 11 is 0. The topological polar surface area (TPSA) is 73.8 Å². The van der Waals surface area contributed by atoms with Gasteiger partial charge in [-0.15, -0.1) is 0 Å². The van der Waals surface area contributed by atoms with E-state index in [2.05, 4.69) is 15.6 Å². The molecule has 9 heteroatoms. The van der Waals surface area contributed by atoms with E-state index in [9.17, 15) is 17.2 Å². The Balaban J connectivity index is 1.56. The molecule has 0 spiro atoms. The largest absolute Gasteiger partial charge is 0.352 e. The lowest BCUT2D eigenvalue weighted by Gasteiger charge is -2.16. The van der Waals surface area contributed by atoms with E-state index in [0.29, 0.717) is 25.6 Å². The number of sulfonamides is 1. The smallest absolute Gasteiger partial charge is 0.243 e. The lowest BCUT2D eigenvalue weighted by Crippen LogP contribution is -2.36. The van der Waals surface area contributed by atoms with E-state index >= 15 is 0 Å². The summed E-state index contributed by atoms with van der Waals surface area (Å²) in [6.07, 6.45) is 1.79. The first kappa shape index (κ1) is 21.2. The molecule has 29 heavy (non-hydrogen) atoms. The molecule has 0 amide bonds. The van der Waals surface area contributed by atoms with Crippen LogP contribution in [0.2, 0.25) is 0 Å². The Morgan fingerprint density at radius 2 is 1.69 bits per heavy atom. The second-order valence-corrected chi connectivity index (χ2v) is 8.71. The van der Waals surface area contributed by atoms with E-state index in [1.807, 2.05) is 0 Å². The Bertz CT molecular complexity index is 972. The van der Waals surface area contributed by atoms with Crippen LogP contribution in [-0.4, -0.2) is 38.8 Å². The van der Waals surface area contributed by atoms with Gasteiger partial charge in [0, 0.05) is 38.8 Å². The van der Waals surface area contributed by atoms with Gasteiger partial charge in [-0.3, -0.25) is 4.99 Å². The SMILES string of the molecule is CN=C(NCc1ccc(S(=O)(=O)N2CCCC2)cc1)NCc1cc(F)ccc1F. The highest BCUT2D eigenvalue weighted by molar-refractivity contribution is 7.89. The average Bonchev–Trinajstić information content (AvgIpc) is 3.27. The van der Waals surface area contributed by atoms with Crippen LogP contribution in [0.1, 0.15) is 24.0 Å². The maximum absolute atomic E-state index is 13.7. The van der Waals surface area contributed by atoms with Crippen LogP contribution in [0.4, 0.5) is 8.78 Å². The maximum Gasteiger partial charge on any atom is 0.243 e. The van der Waals surface area contributed by atoms with Gasteiger partial charge >= 0.3 is 0 Å². The van der Waals surface area contributed by atoms with Crippen LogP contribution in [0.5, 0.6) is 0 Å². The molecule has 1 heterocycles. The summed E-state index contributed by atoms with van der Waals surface area (Å²) in [6.45, 7) is 1.62. The van der Waals surface area contributed by atoms with E-state index < -0.39 is 21.7 Å². The molecule has 3 rings (SSSR count). The third-order valence-electron chi connectivity index (χ3n) is 4.76. The molecule has 1 saturated heterocycles. The zero-order valence-corrected chi connectivity index (χ0v) is 17.0. The van der Waals surface area contributed by atoms with E-state index in [4.69, 9.17) is 0 Å². The molecule has 1 aliphatic rings. The number of rotatable bonds is 6. The van der Waals surface area contributed by atoms with Crippen molar-refractivity contribution in [2.75, 3.05) is 20.1 Å². The normalized spacial score (nSPS) is 15.5. The van der Waals surface area contributed by atoms with E-state index in [1.165, 1.54) is 4.31 Å². The van der Waals surface area contributed by atoms with Gasteiger partial charge in [0.1, 0.15) is 11.6 Å². The minimum atomic E-state index is -3.43. The summed E-state index contributed by atoms with van der Waals surface area (Å²) in [5.74, 6) is -0.582. The van der Waals surface area contributed by atoms with Crippen molar-refractivity contribution in [1.82, 2.24) is 14.9 Å². The van der Waals surface area contributed by atoms with Crippen LogP contribution in [0.15, 0.2) is 52.4 Å². The van der Waals surface area contributed by atoms with Gasteiger partial charge in [-0.05, 0) is 48.7 Å². The molecule has 2 aromatic carbocycles. The molecule has 0 aromatic heterocycles. The molecule has 1 fully saturated rings. The summed E-state index contributed by atoms with van der Waals surface area (Å²) in [5.41, 5.74) is 1.06. The van der Waals surface area contributed by atoms with Crippen molar-refractivity contribution < 1.29 is 17.2 Å². The highest BCUT2D eigenvalue weighted by atomic mass is 32.2. The standard InChI is InChI=1S/C20H24F2N4O2S/c1-23-20(25-14-16-12-17(21)6-9-19(16)22)24-13-15-4-7-18(8-5-15)29(27,28)26-10-2-3-11-26/h4-9,12H,2-3,10-11,13-14H2,1H3,(H2,23,24,25). The molecule has 156 valence electrons. The predicted molar refractivity (Wildman–Crippen MR) is 108 cm³/mol. The van der Waals surface area contributed by atoms with E-state index in [0.717, 1.165) is 36.6 Å². The fourth-order valence-electron chi connectivity index (χ4n) is 3.12. The number of nitrogens with one attached hydrogen (secondary N) is 2. The second-order valence-electron chi connectivity index (χ2n) is 6.77. The fourth-order valence-corrected chi connectivity index (χ4v) is 4.64. The molecule has 0 radical (unpaired) electrons. The minimum Gasteiger partial charge on any atom is -0.352 e. The molecule has 2 aromatic rings. The van der Waals surface area contributed by atoms with Crippen LogP contribution >= 0.6 is 0 Å². The second kappa shape index (κ2) is 9.32. The van der Waals surface area contributed by atoms with Gasteiger partial charge in [-0.1, -0.05) is 12.1 Å². The van der Waals surface area contributed by atoms with Crippen LogP contribution in [-0.2, 0) is 23.1 Å². The summed E-state index contributed by atoms with van der Waals surface area (Å²) in [5, 5.41) is 5.99. The lowest BCUT2D eigenvalue weighted by atomic mass is 10.2. The molecular weight excluding hydrogens is 398 g/mol. The summed E-state index contributed by atoms with van der Waals surface area (Å²) in [6, 6.07) is 9.98. The van der Waals surface area contributed by atoms with Gasteiger partial charge < -0.3 is 10.6 Å². The van der Waals surface area contributed by atoms with E-state index in [-0.39, 0.29) is 17.0 Å². The van der Waals surface area contributed by atoms with Gasteiger partial charge in [0.15, 0.2) is 5.96 Å². The van der Waals surface area contributed by atoms with Gasteiger partial charge in [-0.2, -0.15) is 4.31 Å². The first-order valence-corrected chi connectivity index (χ1v) is 10.8. The quantitative estimate of drug-likeness (QED) is 0.555. The molecule has 0 unspecified atom stereocenters. The van der Waals surface area contributed by atoms with Crippen molar-refractivity contribution in [3.8, 4) is 0 Å².